The molecule has 5 aromatic heterocycles. The van der Waals surface area contributed by atoms with Gasteiger partial charge in [-0.25, -0.2) is 19.3 Å². The lowest BCUT2D eigenvalue weighted by Gasteiger charge is -2.21. The number of aromatic amines is 2. The first-order valence-electron chi connectivity index (χ1n) is 15.6. The summed E-state index contributed by atoms with van der Waals surface area (Å²) in [6, 6.07) is 10.3. The molecule has 0 aliphatic carbocycles. The van der Waals surface area contributed by atoms with Crippen LogP contribution in [0, 0.1) is 11.7 Å². The highest BCUT2D eigenvalue weighted by atomic mass is 19.1. The molecule has 7 rings (SSSR count). The second-order valence-corrected chi connectivity index (χ2v) is 12.1. The Morgan fingerprint density at radius 1 is 1.02 bits per heavy atom. The molecule has 47 heavy (non-hydrogen) atoms. The SMILES string of the molecule is CN(C)CCOc1cc(F)cc(-c2ccnc3nc(-c4[nH]nc5ncc(-c6cncc(NC(=O)CC7CCNCC7)c6)cc45)[nH]c23)c1. The van der Waals surface area contributed by atoms with E-state index >= 15 is 0 Å². The van der Waals surface area contributed by atoms with Crippen LogP contribution in [0.2, 0.25) is 0 Å². The fourth-order valence-electron chi connectivity index (χ4n) is 5.88. The lowest BCUT2D eigenvalue weighted by atomic mass is 9.94. The van der Waals surface area contributed by atoms with Gasteiger partial charge in [-0.05, 0) is 81.8 Å². The number of H-pyrrole nitrogens is 2. The number of fused-ring (bicyclic) bond motifs is 2. The number of carbonyl (C=O) groups is 1. The normalized spacial score (nSPS) is 13.9. The first-order valence-corrected chi connectivity index (χ1v) is 15.6. The highest BCUT2D eigenvalue weighted by Gasteiger charge is 2.19. The van der Waals surface area contributed by atoms with E-state index in [1.807, 2.05) is 43.3 Å². The third-order valence-electron chi connectivity index (χ3n) is 8.32. The van der Waals surface area contributed by atoms with Gasteiger partial charge in [-0.1, -0.05) is 0 Å². The number of imidazole rings is 1. The van der Waals surface area contributed by atoms with E-state index in [2.05, 4.69) is 40.8 Å². The van der Waals surface area contributed by atoms with Gasteiger partial charge in [0, 0.05) is 54.3 Å². The number of nitrogens with zero attached hydrogens (tertiary/aromatic N) is 6. The maximum atomic E-state index is 14.7. The van der Waals surface area contributed by atoms with E-state index in [9.17, 15) is 9.18 Å². The molecule has 13 heteroatoms. The molecule has 1 aliphatic rings. The van der Waals surface area contributed by atoms with Gasteiger partial charge in [0.15, 0.2) is 17.1 Å². The van der Waals surface area contributed by atoms with Crippen LogP contribution in [-0.4, -0.2) is 86.3 Å². The van der Waals surface area contributed by atoms with Gasteiger partial charge in [-0.15, -0.1) is 0 Å². The minimum atomic E-state index is -0.398. The van der Waals surface area contributed by atoms with Crippen molar-refractivity contribution in [2.45, 2.75) is 19.3 Å². The summed E-state index contributed by atoms with van der Waals surface area (Å²) in [5.74, 6) is 0.944. The number of likely N-dealkylation sites (N-methyl/N-ethyl adjacent to an activating group) is 1. The van der Waals surface area contributed by atoms with Crippen molar-refractivity contribution >= 4 is 33.8 Å². The lowest BCUT2D eigenvalue weighted by molar-refractivity contribution is -0.117. The van der Waals surface area contributed by atoms with Crippen LogP contribution >= 0.6 is 0 Å². The molecule has 12 nitrogen and oxygen atoms in total. The van der Waals surface area contributed by atoms with E-state index in [1.54, 1.807) is 24.8 Å². The number of hydrogen-bond acceptors (Lipinski definition) is 9. The number of ether oxygens (including phenoxy) is 1. The summed E-state index contributed by atoms with van der Waals surface area (Å²) in [6.45, 7) is 3.05. The highest BCUT2D eigenvalue weighted by Crippen LogP contribution is 2.34. The van der Waals surface area contributed by atoms with Crippen molar-refractivity contribution in [1.29, 1.82) is 0 Å². The van der Waals surface area contributed by atoms with Crippen LogP contribution in [0.25, 0.3) is 56.0 Å². The first kappa shape index (κ1) is 30.4. The van der Waals surface area contributed by atoms with Crippen molar-refractivity contribution < 1.29 is 13.9 Å². The van der Waals surface area contributed by atoms with Crippen molar-refractivity contribution in [3.63, 3.8) is 0 Å². The van der Waals surface area contributed by atoms with Crippen molar-refractivity contribution in [3.05, 3.63) is 67.0 Å². The average Bonchev–Trinajstić information content (AvgIpc) is 3.69. The molecule has 0 unspecified atom stereocenters. The Labute approximate surface area is 270 Å². The number of hydrogen-bond donors (Lipinski definition) is 4. The molecule has 1 saturated heterocycles. The largest absolute Gasteiger partial charge is 0.492 e. The number of amides is 1. The Bertz CT molecular complexity index is 2050. The molecular weight excluding hydrogens is 599 g/mol. The zero-order valence-corrected chi connectivity index (χ0v) is 26.2. The fourth-order valence-corrected chi connectivity index (χ4v) is 5.88. The van der Waals surface area contributed by atoms with Gasteiger partial charge in [0.2, 0.25) is 5.91 Å². The first-order chi connectivity index (χ1) is 22.9. The molecule has 0 saturated carbocycles. The van der Waals surface area contributed by atoms with Crippen LogP contribution in [0.3, 0.4) is 0 Å². The Balaban J connectivity index is 1.16. The smallest absolute Gasteiger partial charge is 0.224 e. The molecular formula is C34H35FN10O2. The summed E-state index contributed by atoms with van der Waals surface area (Å²) in [7, 11) is 3.91. The van der Waals surface area contributed by atoms with E-state index < -0.39 is 5.82 Å². The molecule has 1 aliphatic heterocycles. The monoisotopic (exact) mass is 634 g/mol. The van der Waals surface area contributed by atoms with Crippen LogP contribution in [0.5, 0.6) is 5.75 Å². The summed E-state index contributed by atoms with van der Waals surface area (Å²) >= 11 is 0. The number of aromatic nitrogens is 7. The number of nitrogens with one attached hydrogen (secondary N) is 4. The quantitative estimate of drug-likeness (QED) is 0.163. The molecule has 240 valence electrons. The minimum Gasteiger partial charge on any atom is -0.492 e. The highest BCUT2D eigenvalue weighted by molar-refractivity contribution is 5.96. The molecule has 6 aromatic rings. The summed E-state index contributed by atoms with van der Waals surface area (Å²) < 4.78 is 20.5. The van der Waals surface area contributed by atoms with Gasteiger partial charge in [0.05, 0.1) is 22.8 Å². The minimum absolute atomic E-state index is 0.00858. The van der Waals surface area contributed by atoms with Gasteiger partial charge in [0.1, 0.15) is 23.9 Å². The maximum Gasteiger partial charge on any atom is 0.224 e. The molecule has 1 fully saturated rings. The number of pyridine rings is 3. The van der Waals surface area contributed by atoms with Crippen LogP contribution in [0.4, 0.5) is 10.1 Å². The lowest BCUT2D eigenvalue weighted by Crippen LogP contribution is -2.30. The van der Waals surface area contributed by atoms with Crippen LogP contribution in [-0.2, 0) is 4.79 Å². The number of piperidine rings is 1. The van der Waals surface area contributed by atoms with Crippen LogP contribution in [0.15, 0.2) is 61.2 Å². The predicted octanol–water partition coefficient (Wildman–Crippen LogP) is 5.03. The zero-order valence-electron chi connectivity index (χ0n) is 26.2. The van der Waals surface area contributed by atoms with Crippen LogP contribution < -0.4 is 15.4 Å². The van der Waals surface area contributed by atoms with Crippen molar-refractivity contribution in [1.82, 2.24) is 45.3 Å². The van der Waals surface area contributed by atoms with E-state index in [0.717, 1.165) is 48.0 Å². The Morgan fingerprint density at radius 2 is 1.87 bits per heavy atom. The Hall–Kier alpha value is -5.27. The zero-order chi connectivity index (χ0) is 32.3. The van der Waals surface area contributed by atoms with Crippen molar-refractivity contribution in [2.75, 3.05) is 45.7 Å². The molecule has 0 atom stereocenters. The summed E-state index contributed by atoms with van der Waals surface area (Å²) in [6.07, 6.45) is 9.27. The number of benzene rings is 1. The molecule has 0 radical (unpaired) electrons. The number of rotatable bonds is 10. The fraction of sp³-hybridized carbons (Fsp3) is 0.294. The molecule has 1 amide bonds. The third-order valence-corrected chi connectivity index (χ3v) is 8.32. The second-order valence-electron chi connectivity index (χ2n) is 12.1. The number of carbonyl (C=O) groups excluding carboxylic acids is 1. The molecule has 4 N–H and O–H groups in total. The summed E-state index contributed by atoms with van der Waals surface area (Å²) in [5.41, 5.74) is 5.88. The topological polar surface area (TPSA) is 150 Å². The van der Waals surface area contributed by atoms with Crippen molar-refractivity contribution in [3.8, 4) is 39.5 Å². The Kier molecular flexibility index (Phi) is 8.55. The van der Waals surface area contributed by atoms with Gasteiger partial charge >= 0.3 is 0 Å². The van der Waals surface area contributed by atoms with Crippen molar-refractivity contribution in [2.24, 2.45) is 5.92 Å². The van der Waals surface area contributed by atoms with Gasteiger partial charge in [-0.2, -0.15) is 5.10 Å². The summed E-state index contributed by atoms with van der Waals surface area (Å²) in [5, 5.41) is 14.5. The Morgan fingerprint density at radius 3 is 2.72 bits per heavy atom. The third kappa shape index (κ3) is 6.81. The summed E-state index contributed by atoms with van der Waals surface area (Å²) in [4.78, 5) is 36.2. The van der Waals surface area contributed by atoms with E-state index in [4.69, 9.17) is 9.72 Å². The number of anilines is 1. The van der Waals surface area contributed by atoms with Gasteiger partial charge in [0.25, 0.3) is 0 Å². The predicted molar refractivity (Wildman–Crippen MR) is 178 cm³/mol. The van der Waals surface area contributed by atoms with Gasteiger partial charge in [-0.3, -0.25) is 14.9 Å². The van der Waals surface area contributed by atoms with E-state index in [0.29, 0.717) is 70.8 Å². The van der Waals surface area contributed by atoms with Crippen LogP contribution in [0.1, 0.15) is 19.3 Å². The van der Waals surface area contributed by atoms with E-state index in [-0.39, 0.29) is 5.91 Å². The maximum absolute atomic E-state index is 14.7. The van der Waals surface area contributed by atoms with Gasteiger partial charge < -0.3 is 25.3 Å². The molecule has 6 heterocycles. The van der Waals surface area contributed by atoms with E-state index in [1.165, 1.54) is 12.1 Å². The number of halogens is 1. The molecule has 0 spiro atoms. The standard InChI is InChI=1S/C34H35FN10O2/c1-45(2)9-10-47-26-14-21(12-24(35)16-26)27-5-8-38-33-30(27)41-34(42-33)31-28-15-23(18-39-32(28)44-43-31)22-13-25(19-37-17-22)40-29(46)11-20-3-6-36-7-4-20/h5,8,12-20,36H,3-4,6-7,9-11H2,1-2H3,(H,40,46)(H,38,41,42)(H,39,43,44). The second kappa shape index (κ2) is 13.2. The molecule has 1 aromatic carbocycles. The average molecular weight is 635 g/mol. The molecule has 0 bridgehead atoms.